The number of likely N-dealkylation sites (tertiary alicyclic amines) is 1. The summed E-state index contributed by atoms with van der Waals surface area (Å²) < 4.78 is 35.8. The monoisotopic (exact) mass is 267 g/mol. The third kappa shape index (κ3) is 5.22. The van der Waals surface area contributed by atoms with Crippen molar-refractivity contribution in [3.63, 3.8) is 0 Å². The highest BCUT2D eigenvalue weighted by Crippen LogP contribution is 2.14. The molecule has 7 heteroatoms. The zero-order valence-electron chi connectivity index (χ0n) is 10.8. The topological polar surface area (TPSA) is 35.6 Å². The summed E-state index contributed by atoms with van der Waals surface area (Å²) in [7, 11) is 3.63. The molecule has 106 valence electrons. The minimum absolute atomic E-state index is 0.101. The van der Waals surface area contributed by atoms with E-state index in [1.165, 1.54) is 0 Å². The summed E-state index contributed by atoms with van der Waals surface area (Å²) in [5.74, 6) is -0.292. The number of piperidine rings is 1. The highest BCUT2D eigenvalue weighted by atomic mass is 19.4. The number of nitrogens with zero attached hydrogens (tertiary/aromatic N) is 2. The van der Waals surface area contributed by atoms with E-state index in [4.69, 9.17) is 0 Å². The van der Waals surface area contributed by atoms with Gasteiger partial charge in [0.15, 0.2) is 0 Å². The van der Waals surface area contributed by atoms with Crippen molar-refractivity contribution in [2.75, 3.05) is 40.3 Å². The highest BCUT2D eigenvalue weighted by molar-refractivity contribution is 5.78. The summed E-state index contributed by atoms with van der Waals surface area (Å²) in [6, 6.07) is 0.101. The normalized spacial score (nSPS) is 21.9. The molecule has 1 atom stereocenters. The first-order valence-electron chi connectivity index (χ1n) is 6.01. The minimum atomic E-state index is -4.27. The SMILES string of the molecule is CN1CCCC(N(C)C(=O)CNCC(F)(F)F)C1. The molecule has 0 spiro atoms. The molecule has 0 aliphatic carbocycles. The van der Waals surface area contributed by atoms with Crippen LogP contribution in [-0.4, -0.2) is 68.2 Å². The lowest BCUT2D eigenvalue weighted by Gasteiger charge is -2.35. The van der Waals surface area contributed by atoms with Crippen molar-refractivity contribution in [1.82, 2.24) is 15.1 Å². The van der Waals surface area contributed by atoms with Crippen molar-refractivity contribution in [2.24, 2.45) is 0 Å². The molecule has 1 saturated heterocycles. The van der Waals surface area contributed by atoms with Gasteiger partial charge in [-0.05, 0) is 26.4 Å². The van der Waals surface area contributed by atoms with Crippen LogP contribution in [0.5, 0.6) is 0 Å². The van der Waals surface area contributed by atoms with Gasteiger partial charge in [0.2, 0.25) is 5.91 Å². The van der Waals surface area contributed by atoms with Crippen molar-refractivity contribution < 1.29 is 18.0 Å². The van der Waals surface area contributed by atoms with E-state index in [2.05, 4.69) is 10.2 Å². The van der Waals surface area contributed by atoms with Crippen LogP contribution in [0, 0.1) is 0 Å². The van der Waals surface area contributed by atoms with E-state index < -0.39 is 12.7 Å². The van der Waals surface area contributed by atoms with Gasteiger partial charge in [0.1, 0.15) is 0 Å². The van der Waals surface area contributed by atoms with Gasteiger partial charge < -0.3 is 15.1 Å². The van der Waals surface area contributed by atoms with E-state index in [-0.39, 0.29) is 18.5 Å². The Morgan fingerprint density at radius 1 is 1.50 bits per heavy atom. The van der Waals surface area contributed by atoms with E-state index in [0.717, 1.165) is 25.9 Å². The summed E-state index contributed by atoms with van der Waals surface area (Å²) >= 11 is 0. The van der Waals surface area contributed by atoms with Gasteiger partial charge in [0.25, 0.3) is 0 Å². The second-order valence-corrected chi connectivity index (χ2v) is 4.78. The van der Waals surface area contributed by atoms with Gasteiger partial charge in [-0.1, -0.05) is 0 Å². The Morgan fingerprint density at radius 3 is 2.72 bits per heavy atom. The van der Waals surface area contributed by atoms with E-state index in [0.29, 0.717) is 0 Å². The molecular weight excluding hydrogens is 247 g/mol. The first-order chi connectivity index (χ1) is 8.29. The van der Waals surface area contributed by atoms with Gasteiger partial charge in [0.05, 0.1) is 13.1 Å². The number of carbonyl (C=O) groups excluding carboxylic acids is 1. The van der Waals surface area contributed by atoms with Crippen LogP contribution in [0.25, 0.3) is 0 Å². The van der Waals surface area contributed by atoms with Crippen LogP contribution < -0.4 is 5.32 Å². The highest BCUT2D eigenvalue weighted by Gasteiger charge is 2.28. The second kappa shape index (κ2) is 6.38. The number of likely N-dealkylation sites (N-methyl/N-ethyl adjacent to an activating group) is 2. The van der Waals surface area contributed by atoms with Crippen LogP contribution in [0.2, 0.25) is 0 Å². The fraction of sp³-hybridized carbons (Fsp3) is 0.909. The van der Waals surface area contributed by atoms with Crippen LogP contribution >= 0.6 is 0 Å². The number of alkyl halides is 3. The molecule has 0 bridgehead atoms. The zero-order chi connectivity index (χ0) is 13.8. The number of hydrogen-bond acceptors (Lipinski definition) is 3. The van der Waals surface area contributed by atoms with Gasteiger partial charge in [-0.15, -0.1) is 0 Å². The summed E-state index contributed by atoms with van der Waals surface area (Å²) in [5.41, 5.74) is 0. The Morgan fingerprint density at radius 2 is 2.17 bits per heavy atom. The lowest BCUT2D eigenvalue weighted by molar-refractivity contribution is -0.135. The molecule has 0 radical (unpaired) electrons. The van der Waals surface area contributed by atoms with Crippen LogP contribution in [0.1, 0.15) is 12.8 Å². The quantitative estimate of drug-likeness (QED) is 0.814. The number of hydrogen-bond donors (Lipinski definition) is 1. The minimum Gasteiger partial charge on any atom is -0.340 e. The maximum Gasteiger partial charge on any atom is 0.401 e. The molecule has 0 aromatic heterocycles. The average molecular weight is 267 g/mol. The van der Waals surface area contributed by atoms with Crippen LogP contribution in [0.15, 0.2) is 0 Å². The molecule has 0 aromatic rings. The zero-order valence-corrected chi connectivity index (χ0v) is 10.8. The van der Waals surface area contributed by atoms with Crippen molar-refractivity contribution in [3.05, 3.63) is 0 Å². The molecule has 1 heterocycles. The van der Waals surface area contributed by atoms with Gasteiger partial charge in [0, 0.05) is 19.6 Å². The Kier molecular flexibility index (Phi) is 5.40. The number of carbonyl (C=O) groups is 1. The molecule has 1 rings (SSSR count). The first kappa shape index (κ1) is 15.2. The van der Waals surface area contributed by atoms with Crippen molar-refractivity contribution in [3.8, 4) is 0 Å². The molecule has 1 aliphatic heterocycles. The van der Waals surface area contributed by atoms with E-state index in [9.17, 15) is 18.0 Å². The molecule has 18 heavy (non-hydrogen) atoms. The Hall–Kier alpha value is -0.820. The summed E-state index contributed by atoms with van der Waals surface area (Å²) in [6.07, 6.45) is -2.36. The smallest absolute Gasteiger partial charge is 0.340 e. The molecule has 1 unspecified atom stereocenters. The number of halogens is 3. The fourth-order valence-corrected chi connectivity index (χ4v) is 2.09. The van der Waals surface area contributed by atoms with Gasteiger partial charge in [-0.3, -0.25) is 4.79 Å². The van der Waals surface area contributed by atoms with Gasteiger partial charge >= 0.3 is 6.18 Å². The van der Waals surface area contributed by atoms with E-state index in [1.807, 2.05) is 7.05 Å². The molecule has 1 N–H and O–H groups in total. The summed E-state index contributed by atoms with van der Waals surface area (Å²) in [4.78, 5) is 15.4. The maximum atomic E-state index is 11.9. The number of nitrogens with one attached hydrogen (secondary N) is 1. The van der Waals surface area contributed by atoms with Crippen molar-refractivity contribution in [1.29, 1.82) is 0 Å². The van der Waals surface area contributed by atoms with E-state index >= 15 is 0 Å². The average Bonchev–Trinajstić information content (AvgIpc) is 2.26. The van der Waals surface area contributed by atoms with Gasteiger partial charge in [-0.25, -0.2) is 0 Å². The molecule has 0 aromatic carbocycles. The molecule has 4 nitrogen and oxygen atoms in total. The predicted molar refractivity (Wildman–Crippen MR) is 62.2 cm³/mol. The summed E-state index contributed by atoms with van der Waals surface area (Å²) in [6.45, 7) is 0.389. The molecule has 0 saturated carbocycles. The second-order valence-electron chi connectivity index (χ2n) is 4.78. The molecule has 1 fully saturated rings. The van der Waals surface area contributed by atoms with Crippen molar-refractivity contribution in [2.45, 2.75) is 25.1 Å². The summed E-state index contributed by atoms with van der Waals surface area (Å²) in [5, 5.41) is 2.13. The number of rotatable bonds is 4. The Balaban J connectivity index is 2.32. The van der Waals surface area contributed by atoms with Crippen molar-refractivity contribution >= 4 is 5.91 Å². The predicted octanol–water partition coefficient (Wildman–Crippen LogP) is 0.691. The van der Waals surface area contributed by atoms with Crippen LogP contribution in [0.4, 0.5) is 13.2 Å². The third-order valence-electron chi connectivity index (χ3n) is 3.14. The van der Waals surface area contributed by atoms with Crippen LogP contribution in [-0.2, 0) is 4.79 Å². The molecule has 1 aliphatic rings. The molecular formula is C11H20F3N3O. The Bertz CT molecular complexity index is 283. The fourth-order valence-electron chi connectivity index (χ4n) is 2.09. The van der Waals surface area contributed by atoms with Crippen LogP contribution in [0.3, 0.4) is 0 Å². The van der Waals surface area contributed by atoms with Gasteiger partial charge in [-0.2, -0.15) is 13.2 Å². The van der Waals surface area contributed by atoms with E-state index in [1.54, 1.807) is 11.9 Å². The number of amides is 1. The largest absolute Gasteiger partial charge is 0.401 e. The first-order valence-corrected chi connectivity index (χ1v) is 6.01. The molecule has 1 amide bonds. The maximum absolute atomic E-state index is 11.9. The lowest BCUT2D eigenvalue weighted by atomic mass is 10.1. The Labute approximate surface area is 105 Å². The third-order valence-corrected chi connectivity index (χ3v) is 3.14. The lowest BCUT2D eigenvalue weighted by Crippen LogP contribution is -2.49. The standard InChI is InChI=1S/C11H20F3N3O/c1-16-5-3-4-9(7-16)17(2)10(18)6-15-8-11(12,13)14/h9,15H,3-8H2,1-2H3.